The van der Waals surface area contributed by atoms with Gasteiger partial charge in [0.25, 0.3) is 0 Å². The van der Waals surface area contributed by atoms with Crippen LogP contribution in [0.2, 0.25) is 10.0 Å². The minimum absolute atomic E-state index is 0.0149. The zero-order valence-corrected chi connectivity index (χ0v) is 14.1. The molecule has 4 nitrogen and oxygen atoms in total. The number of hydrogen-bond acceptors (Lipinski definition) is 4. The summed E-state index contributed by atoms with van der Waals surface area (Å²) >= 11 is 11.9. The Bertz CT molecular complexity index is 693. The van der Waals surface area contributed by atoms with Crippen molar-refractivity contribution in [3.05, 3.63) is 51.3 Å². The van der Waals surface area contributed by atoms with Gasteiger partial charge in [-0.15, -0.1) is 0 Å². The molecule has 1 atom stereocenters. The first-order chi connectivity index (χ1) is 11.1. The van der Waals surface area contributed by atoms with Crippen molar-refractivity contribution >= 4 is 29.0 Å². The lowest BCUT2D eigenvalue weighted by atomic mass is 10.00. The smallest absolute Gasteiger partial charge is 0.184 e. The van der Waals surface area contributed by atoms with E-state index < -0.39 is 0 Å². The number of nitrogens with zero attached hydrogens (tertiary/aromatic N) is 1. The van der Waals surface area contributed by atoms with Crippen molar-refractivity contribution in [3.8, 4) is 0 Å². The summed E-state index contributed by atoms with van der Waals surface area (Å²) in [5, 5.41) is 4.90. The van der Waals surface area contributed by atoms with Crippen LogP contribution in [0.1, 0.15) is 41.1 Å². The maximum Gasteiger partial charge on any atom is 0.184 e. The van der Waals surface area contributed by atoms with Crippen LogP contribution in [0.15, 0.2) is 28.8 Å². The van der Waals surface area contributed by atoms with Crippen LogP contribution in [0.4, 0.5) is 0 Å². The lowest BCUT2D eigenvalue weighted by molar-refractivity contribution is 0.0962. The molecule has 0 saturated carbocycles. The molecule has 1 aliphatic rings. The Morgan fingerprint density at radius 3 is 2.87 bits per heavy atom. The molecule has 1 unspecified atom stereocenters. The van der Waals surface area contributed by atoms with E-state index in [-0.39, 0.29) is 5.78 Å². The second kappa shape index (κ2) is 7.47. The normalized spacial score (nSPS) is 17.6. The Labute approximate surface area is 144 Å². The van der Waals surface area contributed by atoms with Gasteiger partial charge >= 0.3 is 0 Å². The molecular formula is C17H17Cl2NO3. The van der Waals surface area contributed by atoms with Crippen LogP contribution in [0.3, 0.4) is 0 Å². The largest absolute Gasteiger partial charge is 0.381 e. The van der Waals surface area contributed by atoms with Gasteiger partial charge in [0.1, 0.15) is 11.5 Å². The van der Waals surface area contributed by atoms with Crippen LogP contribution in [0, 0.1) is 5.92 Å². The maximum atomic E-state index is 12.2. The van der Waals surface area contributed by atoms with Crippen molar-refractivity contribution in [2.45, 2.75) is 25.7 Å². The Hall–Kier alpha value is -1.36. The molecule has 0 aliphatic carbocycles. The number of hydrogen-bond donors (Lipinski definition) is 0. The number of carbonyl (C=O) groups is 1. The first-order valence-electron chi connectivity index (χ1n) is 7.62. The van der Waals surface area contributed by atoms with E-state index in [9.17, 15) is 4.79 Å². The monoisotopic (exact) mass is 353 g/mol. The summed E-state index contributed by atoms with van der Waals surface area (Å²) < 4.78 is 10.6. The fourth-order valence-corrected chi connectivity index (χ4v) is 2.97. The Morgan fingerprint density at radius 1 is 1.26 bits per heavy atom. The van der Waals surface area contributed by atoms with Crippen LogP contribution >= 0.6 is 23.2 Å². The maximum absolute atomic E-state index is 12.2. The van der Waals surface area contributed by atoms with Gasteiger partial charge in [0, 0.05) is 32.1 Å². The molecule has 0 spiro atoms. The van der Waals surface area contributed by atoms with Crippen LogP contribution in [-0.2, 0) is 11.2 Å². The molecule has 0 N–H and O–H groups in total. The number of ether oxygens (including phenoxy) is 1. The van der Waals surface area contributed by atoms with Crippen LogP contribution < -0.4 is 0 Å². The Kier molecular flexibility index (Phi) is 5.36. The summed E-state index contributed by atoms with van der Waals surface area (Å²) in [4.78, 5) is 12.2. The zero-order chi connectivity index (χ0) is 16.2. The second-order valence-electron chi connectivity index (χ2n) is 5.80. The quantitative estimate of drug-likeness (QED) is 0.713. The fourth-order valence-electron chi connectivity index (χ4n) is 2.65. The molecule has 6 heteroatoms. The molecule has 0 amide bonds. The van der Waals surface area contributed by atoms with Crippen molar-refractivity contribution in [1.29, 1.82) is 0 Å². The van der Waals surface area contributed by atoms with Crippen LogP contribution in [0.25, 0.3) is 0 Å². The number of rotatable bonds is 6. The number of halogens is 2. The molecular weight excluding hydrogens is 337 g/mol. The number of Topliss-reactive ketones (excluding diaryl/α,β-unsaturated/α-hetero) is 1. The SMILES string of the molecule is O=C(CCC1CCOC1)c1cc(Cc2ccc(Cl)c(Cl)c2)on1. The van der Waals surface area contributed by atoms with E-state index in [1.165, 1.54) is 0 Å². The topological polar surface area (TPSA) is 52.3 Å². The molecule has 0 bridgehead atoms. The van der Waals surface area contributed by atoms with Gasteiger partial charge < -0.3 is 9.26 Å². The first kappa shape index (κ1) is 16.5. The molecule has 1 saturated heterocycles. The minimum Gasteiger partial charge on any atom is -0.381 e. The van der Waals surface area contributed by atoms with E-state index in [0.717, 1.165) is 31.6 Å². The van der Waals surface area contributed by atoms with E-state index in [4.69, 9.17) is 32.5 Å². The van der Waals surface area contributed by atoms with Crippen molar-refractivity contribution < 1.29 is 14.1 Å². The predicted octanol–water partition coefficient (Wildman–Crippen LogP) is 4.57. The molecule has 1 aromatic heterocycles. The van der Waals surface area contributed by atoms with Gasteiger partial charge in [0.2, 0.25) is 0 Å². The lowest BCUT2D eigenvalue weighted by Gasteiger charge is -2.04. The highest BCUT2D eigenvalue weighted by molar-refractivity contribution is 6.42. The summed E-state index contributed by atoms with van der Waals surface area (Å²) in [5.74, 6) is 1.14. The third-order valence-electron chi connectivity index (χ3n) is 4.01. The fraction of sp³-hybridized carbons (Fsp3) is 0.412. The highest BCUT2D eigenvalue weighted by Gasteiger charge is 2.19. The van der Waals surface area contributed by atoms with Gasteiger partial charge in [-0.1, -0.05) is 34.4 Å². The average Bonchev–Trinajstić information content (AvgIpc) is 3.20. The minimum atomic E-state index is 0.0149. The predicted molar refractivity (Wildman–Crippen MR) is 88.3 cm³/mol. The molecule has 3 rings (SSSR count). The van der Waals surface area contributed by atoms with E-state index in [0.29, 0.717) is 40.3 Å². The number of ketones is 1. The van der Waals surface area contributed by atoms with Gasteiger partial charge in [-0.25, -0.2) is 0 Å². The zero-order valence-electron chi connectivity index (χ0n) is 12.6. The van der Waals surface area contributed by atoms with E-state index >= 15 is 0 Å². The van der Waals surface area contributed by atoms with Gasteiger partial charge in [-0.2, -0.15) is 0 Å². The summed E-state index contributed by atoms with van der Waals surface area (Å²) in [6.45, 7) is 1.56. The lowest BCUT2D eigenvalue weighted by Crippen LogP contribution is -2.05. The first-order valence-corrected chi connectivity index (χ1v) is 8.38. The molecule has 1 aliphatic heterocycles. The molecule has 2 heterocycles. The van der Waals surface area contributed by atoms with Gasteiger partial charge in [-0.05, 0) is 36.5 Å². The average molecular weight is 354 g/mol. The van der Waals surface area contributed by atoms with Gasteiger partial charge in [0.15, 0.2) is 5.78 Å². The van der Waals surface area contributed by atoms with Crippen molar-refractivity contribution in [3.63, 3.8) is 0 Å². The third kappa shape index (κ3) is 4.34. The van der Waals surface area contributed by atoms with E-state index in [1.807, 2.05) is 6.07 Å². The summed E-state index contributed by atoms with van der Waals surface area (Å²) in [6, 6.07) is 7.10. The van der Waals surface area contributed by atoms with Gasteiger partial charge in [-0.3, -0.25) is 4.79 Å². The van der Waals surface area contributed by atoms with Crippen molar-refractivity contribution in [2.24, 2.45) is 5.92 Å². The highest BCUT2D eigenvalue weighted by Crippen LogP contribution is 2.24. The molecule has 122 valence electrons. The third-order valence-corrected chi connectivity index (χ3v) is 4.75. The molecule has 1 aromatic carbocycles. The van der Waals surface area contributed by atoms with Crippen molar-refractivity contribution in [2.75, 3.05) is 13.2 Å². The Balaban J connectivity index is 1.58. The second-order valence-corrected chi connectivity index (χ2v) is 6.61. The molecule has 2 aromatic rings. The summed E-state index contributed by atoms with van der Waals surface area (Å²) in [6.07, 6.45) is 2.88. The number of aromatic nitrogens is 1. The highest BCUT2D eigenvalue weighted by atomic mass is 35.5. The summed E-state index contributed by atoms with van der Waals surface area (Å²) in [7, 11) is 0. The van der Waals surface area contributed by atoms with Crippen LogP contribution in [0.5, 0.6) is 0 Å². The number of benzene rings is 1. The summed E-state index contributed by atoms with van der Waals surface area (Å²) in [5.41, 5.74) is 1.34. The standard InChI is InChI=1S/C17H17Cl2NO3/c18-14-3-1-12(8-15(14)19)7-13-9-16(20-23-13)17(21)4-2-11-5-6-22-10-11/h1,3,8-9,11H,2,4-7,10H2. The van der Waals surface area contributed by atoms with E-state index in [1.54, 1.807) is 18.2 Å². The molecule has 0 radical (unpaired) electrons. The molecule has 1 fully saturated rings. The number of carbonyl (C=O) groups excluding carboxylic acids is 1. The molecule has 23 heavy (non-hydrogen) atoms. The van der Waals surface area contributed by atoms with E-state index in [2.05, 4.69) is 5.16 Å². The van der Waals surface area contributed by atoms with Crippen molar-refractivity contribution in [1.82, 2.24) is 5.16 Å². The van der Waals surface area contributed by atoms with Gasteiger partial charge in [0.05, 0.1) is 10.0 Å². The Morgan fingerprint density at radius 2 is 2.13 bits per heavy atom. The van der Waals surface area contributed by atoms with Crippen LogP contribution in [-0.4, -0.2) is 24.2 Å².